The molecule has 4 heteroatoms. The van der Waals surface area contributed by atoms with Crippen LogP contribution in [0.1, 0.15) is 40.3 Å². The van der Waals surface area contributed by atoms with Gasteiger partial charge in [-0.1, -0.05) is 19.1 Å². The van der Waals surface area contributed by atoms with E-state index in [1.165, 1.54) is 0 Å². The normalized spacial score (nSPS) is 13.3. The van der Waals surface area contributed by atoms with Crippen molar-refractivity contribution in [2.24, 2.45) is 5.73 Å². The average Bonchev–Trinajstić information content (AvgIpc) is 2.51. The summed E-state index contributed by atoms with van der Waals surface area (Å²) >= 11 is 0. The van der Waals surface area contributed by atoms with Crippen LogP contribution in [0.2, 0.25) is 0 Å². The summed E-state index contributed by atoms with van der Waals surface area (Å²) in [5.41, 5.74) is 6.52. The van der Waals surface area contributed by atoms with E-state index >= 15 is 0 Å². The molecule has 80 valence electrons. The molecule has 0 aromatic carbocycles. The van der Waals surface area contributed by atoms with Gasteiger partial charge in [0.2, 0.25) is 0 Å². The Labute approximate surface area is 85.5 Å². The molecule has 0 fully saturated rings. The van der Waals surface area contributed by atoms with Crippen LogP contribution in [-0.2, 0) is 11.0 Å². The molecule has 0 amide bonds. The molecule has 0 bridgehead atoms. The summed E-state index contributed by atoms with van der Waals surface area (Å²) in [5.74, 6) is 0. The van der Waals surface area contributed by atoms with E-state index < -0.39 is 0 Å². The quantitative estimate of drug-likeness (QED) is 0.775. The van der Waals surface area contributed by atoms with Crippen molar-refractivity contribution in [1.82, 2.24) is 15.0 Å². The van der Waals surface area contributed by atoms with Crippen LogP contribution in [0, 0.1) is 0 Å². The van der Waals surface area contributed by atoms with Crippen LogP contribution in [0.4, 0.5) is 0 Å². The zero-order valence-electron chi connectivity index (χ0n) is 9.70. The molecule has 14 heavy (non-hydrogen) atoms. The van der Waals surface area contributed by atoms with Gasteiger partial charge in [-0.25, -0.2) is 4.68 Å². The zero-order valence-corrected chi connectivity index (χ0v) is 9.70. The van der Waals surface area contributed by atoms with Gasteiger partial charge in [-0.05, 0) is 20.8 Å². The fraction of sp³-hybridized carbons (Fsp3) is 0.800. The first-order valence-electron chi connectivity index (χ1n) is 4.91. The second kappa shape index (κ2) is 3.35. The highest BCUT2D eigenvalue weighted by Crippen LogP contribution is 2.21. The van der Waals surface area contributed by atoms with Crippen LogP contribution in [0.25, 0.3) is 0 Å². The summed E-state index contributed by atoms with van der Waals surface area (Å²) in [6.07, 6.45) is 1.98. The van der Waals surface area contributed by atoms with Crippen LogP contribution in [0.15, 0.2) is 6.20 Å². The molecule has 1 aromatic heterocycles. The number of nitrogens with two attached hydrogens (primary N) is 1. The highest BCUT2D eigenvalue weighted by atomic mass is 15.4. The summed E-state index contributed by atoms with van der Waals surface area (Å²) < 4.78 is 1.87. The van der Waals surface area contributed by atoms with E-state index in [-0.39, 0.29) is 11.0 Å². The summed E-state index contributed by atoms with van der Waals surface area (Å²) in [6, 6.07) is 0. The number of aromatic nitrogens is 3. The molecule has 4 nitrogen and oxygen atoms in total. The maximum Gasteiger partial charge on any atom is 0.0896 e. The zero-order chi connectivity index (χ0) is 11.0. The summed E-state index contributed by atoms with van der Waals surface area (Å²) in [6.45, 7) is 11.0. The van der Waals surface area contributed by atoms with Crippen molar-refractivity contribution >= 4 is 0 Å². The highest BCUT2D eigenvalue weighted by Gasteiger charge is 2.24. The standard InChI is InChI=1S/C10H20N4/c1-9(2,3)14-6-8(12-13-14)10(4,5)7-11/h6H,7,11H2,1-5H3. The van der Waals surface area contributed by atoms with E-state index in [1.807, 2.05) is 10.9 Å². The second-order valence-corrected chi connectivity index (χ2v) is 5.31. The highest BCUT2D eigenvalue weighted by molar-refractivity contribution is 5.09. The van der Waals surface area contributed by atoms with Gasteiger partial charge < -0.3 is 5.73 Å². The fourth-order valence-electron chi connectivity index (χ4n) is 1.01. The minimum Gasteiger partial charge on any atom is -0.330 e. The van der Waals surface area contributed by atoms with Gasteiger partial charge in [0, 0.05) is 18.2 Å². The van der Waals surface area contributed by atoms with Gasteiger partial charge >= 0.3 is 0 Å². The second-order valence-electron chi connectivity index (χ2n) is 5.31. The molecule has 1 rings (SSSR count). The van der Waals surface area contributed by atoms with Gasteiger partial charge in [0.15, 0.2) is 0 Å². The Morgan fingerprint density at radius 2 is 1.86 bits per heavy atom. The van der Waals surface area contributed by atoms with Crippen molar-refractivity contribution in [2.45, 2.75) is 45.6 Å². The predicted octanol–water partition coefficient (Wildman–Crippen LogP) is 1.27. The Morgan fingerprint density at radius 1 is 1.29 bits per heavy atom. The van der Waals surface area contributed by atoms with Crippen molar-refractivity contribution < 1.29 is 0 Å². The monoisotopic (exact) mass is 196 g/mol. The maximum absolute atomic E-state index is 5.68. The number of hydrogen-bond donors (Lipinski definition) is 1. The molecule has 0 aliphatic carbocycles. The fourth-order valence-corrected chi connectivity index (χ4v) is 1.01. The van der Waals surface area contributed by atoms with Gasteiger partial charge in [-0.15, -0.1) is 5.10 Å². The van der Waals surface area contributed by atoms with Gasteiger partial charge in [0.05, 0.1) is 11.2 Å². The van der Waals surface area contributed by atoms with Crippen molar-refractivity contribution in [2.75, 3.05) is 6.54 Å². The molecule has 0 atom stereocenters. The Balaban J connectivity index is 3.00. The lowest BCUT2D eigenvalue weighted by Crippen LogP contribution is -2.28. The van der Waals surface area contributed by atoms with E-state index in [1.54, 1.807) is 0 Å². The maximum atomic E-state index is 5.68. The lowest BCUT2D eigenvalue weighted by atomic mass is 9.90. The molecule has 0 spiro atoms. The summed E-state index contributed by atoms with van der Waals surface area (Å²) in [4.78, 5) is 0. The third-order valence-corrected chi connectivity index (χ3v) is 2.38. The molecule has 0 aliphatic heterocycles. The Kier molecular flexibility index (Phi) is 2.67. The van der Waals surface area contributed by atoms with Crippen LogP contribution in [0.3, 0.4) is 0 Å². The molecule has 0 unspecified atom stereocenters. The number of hydrogen-bond acceptors (Lipinski definition) is 3. The molecule has 0 aliphatic rings. The first kappa shape index (κ1) is 11.2. The van der Waals surface area contributed by atoms with Crippen molar-refractivity contribution in [1.29, 1.82) is 0 Å². The van der Waals surface area contributed by atoms with Crippen molar-refractivity contribution in [3.63, 3.8) is 0 Å². The molecular formula is C10H20N4. The van der Waals surface area contributed by atoms with Gasteiger partial charge in [-0.2, -0.15) is 0 Å². The number of rotatable bonds is 2. The Hall–Kier alpha value is -0.900. The largest absolute Gasteiger partial charge is 0.330 e. The minimum atomic E-state index is -0.0938. The van der Waals surface area contributed by atoms with E-state index in [2.05, 4.69) is 44.9 Å². The van der Waals surface area contributed by atoms with Crippen LogP contribution >= 0.6 is 0 Å². The lowest BCUT2D eigenvalue weighted by Gasteiger charge is -2.20. The van der Waals surface area contributed by atoms with E-state index in [0.717, 1.165) is 5.69 Å². The topological polar surface area (TPSA) is 56.7 Å². The van der Waals surface area contributed by atoms with Crippen LogP contribution in [-0.4, -0.2) is 21.5 Å². The predicted molar refractivity (Wildman–Crippen MR) is 57.1 cm³/mol. The summed E-state index contributed by atoms with van der Waals surface area (Å²) in [7, 11) is 0. The van der Waals surface area contributed by atoms with Gasteiger partial charge in [0.1, 0.15) is 0 Å². The Bertz CT molecular complexity index is 306. The summed E-state index contributed by atoms with van der Waals surface area (Å²) in [5, 5.41) is 8.27. The molecule has 1 heterocycles. The molecule has 0 radical (unpaired) electrons. The smallest absolute Gasteiger partial charge is 0.0896 e. The number of nitrogens with zero attached hydrogens (tertiary/aromatic N) is 3. The van der Waals surface area contributed by atoms with Crippen LogP contribution < -0.4 is 5.73 Å². The van der Waals surface area contributed by atoms with E-state index in [4.69, 9.17) is 5.73 Å². The van der Waals surface area contributed by atoms with Crippen molar-refractivity contribution in [3.8, 4) is 0 Å². The molecule has 1 aromatic rings. The first-order valence-corrected chi connectivity index (χ1v) is 4.91. The molecule has 0 saturated heterocycles. The minimum absolute atomic E-state index is 0.0179. The van der Waals surface area contributed by atoms with E-state index in [0.29, 0.717) is 6.54 Å². The third kappa shape index (κ3) is 2.12. The Morgan fingerprint density at radius 3 is 2.21 bits per heavy atom. The lowest BCUT2D eigenvalue weighted by molar-refractivity contribution is 0.346. The van der Waals surface area contributed by atoms with Crippen LogP contribution in [0.5, 0.6) is 0 Å². The average molecular weight is 196 g/mol. The van der Waals surface area contributed by atoms with Crippen molar-refractivity contribution in [3.05, 3.63) is 11.9 Å². The molecule has 2 N–H and O–H groups in total. The van der Waals surface area contributed by atoms with E-state index in [9.17, 15) is 0 Å². The molecular weight excluding hydrogens is 176 g/mol. The van der Waals surface area contributed by atoms with Gasteiger partial charge in [-0.3, -0.25) is 0 Å². The van der Waals surface area contributed by atoms with Gasteiger partial charge in [0.25, 0.3) is 0 Å². The SMILES string of the molecule is CC(C)(CN)c1cn(C(C)(C)C)nn1. The molecule has 0 saturated carbocycles. The third-order valence-electron chi connectivity index (χ3n) is 2.38. The first-order chi connectivity index (χ1) is 6.27.